The first kappa shape index (κ1) is 19.0. The van der Waals surface area contributed by atoms with Crippen LogP contribution in [0.25, 0.3) is 10.2 Å². The van der Waals surface area contributed by atoms with Crippen molar-refractivity contribution in [3.05, 3.63) is 29.3 Å². The van der Waals surface area contributed by atoms with Crippen LogP contribution in [0, 0.1) is 5.92 Å². The van der Waals surface area contributed by atoms with Crippen molar-refractivity contribution in [2.45, 2.75) is 32.6 Å². The standard InChI is InChI=1S/C20H24N4O3S/c1-13(2)11-23-18(25)19(26)24(20(23)27)12-22-9-7-14(8-10-22)17-21-15-5-3-4-6-16(15)28-17/h3-6,13-14H,7-12H2,1-2H3. The van der Waals surface area contributed by atoms with Crippen LogP contribution in [-0.4, -0.2) is 63.8 Å². The summed E-state index contributed by atoms with van der Waals surface area (Å²) in [7, 11) is 0. The molecule has 3 heterocycles. The molecule has 0 spiro atoms. The lowest BCUT2D eigenvalue weighted by atomic mass is 9.98. The van der Waals surface area contributed by atoms with Crippen LogP contribution in [0.3, 0.4) is 0 Å². The Morgan fingerprint density at radius 1 is 1.07 bits per heavy atom. The van der Waals surface area contributed by atoms with Gasteiger partial charge in [0.05, 0.1) is 21.9 Å². The number of nitrogens with zero attached hydrogens (tertiary/aromatic N) is 4. The minimum atomic E-state index is -0.709. The van der Waals surface area contributed by atoms with Gasteiger partial charge in [-0.05, 0) is 30.9 Å². The second kappa shape index (κ2) is 7.60. The Hall–Kier alpha value is -2.32. The number of urea groups is 1. The van der Waals surface area contributed by atoms with E-state index in [1.165, 1.54) is 4.70 Å². The zero-order chi connectivity index (χ0) is 19.8. The van der Waals surface area contributed by atoms with E-state index in [-0.39, 0.29) is 19.1 Å². The maximum atomic E-state index is 12.5. The van der Waals surface area contributed by atoms with E-state index in [0.29, 0.717) is 5.92 Å². The fourth-order valence-corrected chi connectivity index (χ4v) is 4.92. The van der Waals surface area contributed by atoms with Crippen molar-refractivity contribution in [2.75, 3.05) is 26.3 Å². The molecule has 0 unspecified atom stereocenters. The van der Waals surface area contributed by atoms with Crippen LogP contribution in [0.1, 0.15) is 37.6 Å². The maximum Gasteiger partial charge on any atom is 0.335 e. The third-order valence-corrected chi connectivity index (χ3v) is 6.47. The first-order valence-corrected chi connectivity index (χ1v) is 10.5. The second-order valence-electron chi connectivity index (χ2n) is 7.88. The van der Waals surface area contributed by atoms with E-state index in [4.69, 9.17) is 4.98 Å². The van der Waals surface area contributed by atoms with Gasteiger partial charge in [0, 0.05) is 25.6 Å². The van der Waals surface area contributed by atoms with Gasteiger partial charge in [-0.2, -0.15) is 0 Å². The highest BCUT2D eigenvalue weighted by molar-refractivity contribution is 7.18. The molecule has 2 aromatic rings. The highest BCUT2D eigenvalue weighted by atomic mass is 32.1. The van der Waals surface area contributed by atoms with Gasteiger partial charge in [-0.1, -0.05) is 26.0 Å². The minimum Gasteiger partial charge on any atom is -0.285 e. The summed E-state index contributed by atoms with van der Waals surface area (Å²) in [5.41, 5.74) is 1.04. The van der Waals surface area contributed by atoms with Gasteiger partial charge in [0.2, 0.25) is 0 Å². The van der Waals surface area contributed by atoms with Gasteiger partial charge in [-0.25, -0.2) is 14.7 Å². The highest BCUT2D eigenvalue weighted by Crippen LogP contribution is 2.34. The molecule has 0 N–H and O–H groups in total. The Balaban J connectivity index is 1.37. The normalized spacial score (nSPS) is 19.6. The molecule has 7 nitrogen and oxygen atoms in total. The molecule has 2 fully saturated rings. The van der Waals surface area contributed by atoms with Gasteiger partial charge in [0.15, 0.2) is 0 Å². The van der Waals surface area contributed by atoms with Crippen LogP contribution in [0.4, 0.5) is 4.79 Å². The zero-order valence-corrected chi connectivity index (χ0v) is 16.9. The topological polar surface area (TPSA) is 73.8 Å². The van der Waals surface area contributed by atoms with Gasteiger partial charge < -0.3 is 0 Å². The molecule has 1 aromatic heterocycles. The van der Waals surface area contributed by atoms with E-state index in [1.54, 1.807) is 11.3 Å². The zero-order valence-electron chi connectivity index (χ0n) is 16.1. The van der Waals surface area contributed by atoms with Crippen molar-refractivity contribution in [3.8, 4) is 0 Å². The van der Waals surface area contributed by atoms with Crippen molar-refractivity contribution in [1.29, 1.82) is 0 Å². The molecule has 2 aliphatic heterocycles. The monoisotopic (exact) mass is 400 g/mol. The molecule has 4 rings (SSSR count). The summed E-state index contributed by atoms with van der Waals surface area (Å²) in [6, 6.07) is 7.67. The van der Waals surface area contributed by atoms with Crippen LogP contribution >= 0.6 is 11.3 Å². The van der Waals surface area contributed by atoms with E-state index in [0.717, 1.165) is 46.3 Å². The number of carbonyl (C=O) groups is 3. The lowest BCUT2D eigenvalue weighted by Crippen LogP contribution is -2.45. The number of fused-ring (bicyclic) bond motifs is 1. The Kier molecular flexibility index (Phi) is 5.16. The molecule has 8 heteroatoms. The lowest BCUT2D eigenvalue weighted by Gasteiger charge is -2.32. The van der Waals surface area contributed by atoms with Crippen LogP contribution in [0.2, 0.25) is 0 Å². The smallest absolute Gasteiger partial charge is 0.285 e. The molecule has 2 aliphatic rings. The lowest BCUT2D eigenvalue weighted by molar-refractivity contribution is -0.144. The highest BCUT2D eigenvalue weighted by Gasteiger charge is 2.45. The number of benzene rings is 1. The number of rotatable bonds is 5. The van der Waals surface area contributed by atoms with Gasteiger partial charge in [-0.3, -0.25) is 19.4 Å². The molecule has 0 atom stereocenters. The van der Waals surface area contributed by atoms with E-state index in [9.17, 15) is 14.4 Å². The van der Waals surface area contributed by atoms with Crippen molar-refractivity contribution in [1.82, 2.24) is 19.7 Å². The molecule has 1 aromatic carbocycles. The average molecular weight is 401 g/mol. The van der Waals surface area contributed by atoms with Crippen LogP contribution < -0.4 is 0 Å². The Morgan fingerprint density at radius 3 is 2.43 bits per heavy atom. The predicted molar refractivity (Wildman–Crippen MR) is 107 cm³/mol. The number of aromatic nitrogens is 1. The van der Waals surface area contributed by atoms with Crippen LogP contribution in [0.15, 0.2) is 24.3 Å². The van der Waals surface area contributed by atoms with Crippen molar-refractivity contribution in [2.24, 2.45) is 5.92 Å². The van der Waals surface area contributed by atoms with Gasteiger partial charge in [-0.15, -0.1) is 11.3 Å². The van der Waals surface area contributed by atoms with Gasteiger partial charge in [0.25, 0.3) is 0 Å². The van der Waals surface area contributed by atoms with Crippen LogP contribution in [0.5, 0.6) is 0 Å². The summed E-state index contributed by atoms with van der Waals surface area (Å²) in [4.78, 5) is 45.9. The summed E-state index contributed by atoms with van der Waals surface area (Å²) in [5, 5.41) is 1.16. The summed E-state index contributed by atoms with van der Waals surface area (Å²) >= 11 is 1.75. The first-order chi connectivity index (χ1) is 13.4. The van der Waals surface area contributed by atoms with Crippen molar-refractivity contribution >= 4 is 39.4 Å². The summed E-state index contributed by atoms with van der Waals surface area (Å²) < 4.78 is 1.21. The molecular formula is C20H24N4O3S. The molecular weight excluding hydrogens is 376 g/mol. The average Bonchev–Trinajstić information content (AvgIpc) is 3.20. The Bertz CT molecular complexity index is 884. The van der Waals surface area contributed by atoms with E-state index < -0.39 is 17.8 Å². The Morgan fingerprint density at radius 2 is 1.75 bits per heavy atom. The quantitative estimate of drug-likeness (QED) is 0.570. The van der Waals surface area contributed by atoms with E-state index in [2.05, 4.69) is 11.0 Å². The molecule has 4 amide bonds. The maximum absolute atomic E-state index is 12.5. The number of hydrogen-bond acceptors (Lipinski definition) is 6. The number of hydrogen-bond donors (Lipinski definition) is 0. The number of piperidine rings is 1. The SMILES string of the molecule is CC(C)CN1C(=O)C(=O)N(CN2CCC(c3nc4ccccc4s3)CC2)C1=O. The summed E-state index contributed by atoms with van der Waals surface area (Å²) in [6.45, 7) is 5.84. The molecule has 28 heavy (non-hydrogen) atoms. The molecule has 0 radical (unpaired) electrons. The van der Waals surface area contributed by atoms with Gasteiger partial charge in [0.1, 0.15) is 0 Å². The third kappa shape index (κ3) is 3.54. The van der Waals surface area contributed by atoms with Crippen molar-refractivity contribution < 1.29 is 14.4 Å². The molecule has 2 saturated heterocycles. The van der Waals surface area contributed by atoms with E-state index >= 15 is 0 Å². The molecule has 148 valence electrons. The Labute approximate surface area is 167 Å². The number of amides is 4. The minimum absolute atomic E-state index is 0.130. The summed E-state index contributed by atoms with van der Waals surface area (Å²) in [6.07, 6.45) is 1.86. The van der Waals surface area contributed by atoms with Gasteiger partial charge >= 0.3 is 17.8 Å². The summed E-state index contributed by atoms with van der Waals surface area (Å²) in [5.74, 6) is -0.884. The fraction of sp³-hybridized carbons (Fsp3) is 0.500. The first-order valence-electron chi connectivity index (χ1n) is 9.69. The van der Waals surface area contributed by atoms with Crippen LogP contribution in [-0.2, 0) is 9.59 Å². The number of carbonyl (C=O) groups excluding carboxylic acids is 3. The molecule has 0 bridgehead atoms. The molecule has 0 aliphatic carbocycles. The number of para-hydroxylation sites is 1. The number of likely N-dealkylation sites (tertiary alicyclic amines) is 1. The second-order valence-corrected chi connectivity index (χ2v) is 8.94. The number of thiazole rings is 1. The third-order valence-electron chi connectivity index (χ3n) is 5.27. The van der Waals surface area contributed by atoms with E-state index in [1.807, 2.05) is 32.0 Å². The van der Waals surface area contributed by atoms with Crippen molar-refractivity contribution in [3.63, 3.8) is 0 Å². The molecule has 0 saturated carbocycles. The fourth-order valence-electron chi connectivity index (χ4n) is 3.79. The predicted octanol–water partition coefficient (Wildman–Crippen LogP) is 2.88. The largest absolute Gasteiger partial charge is 0.335 e. The number of imide groups is 2.